The zero-order valence-corrected chi connectivity index (χ0v) is 12.1. The third-order valence-electron chi connectivity index (χ3n) is 3.29. The summed E-state index contributed by atoms with van der Waals surface area (Å²) in [5, 5.41) is 13.4. The molecular formula is C16H19FN2O2. The summed E-state index contributed by atoms with van der Waals surface area (Å²) in [6.07, 6.45) is 0.537. The number of aromatic nitrogens is 1. The summed E-state index contributed by atoms with van der Waals surface area (Å²) in [6, 6.07) is 10.2. The number of rotatable bonds is 6. The van der Waals surface area contributed by atoms with Gasteiger partial charge in [0.15, 0.2) is 0 Å². The van der Waals surface area contributed by atoms with Gasteiger partial charge in [-0.15, -0.1) is 0 Å². The molecular weight excluding hydrogens is 271 g/mol. The summed E-state index contributed by atoms with van der Waals surface area (Å²) in [4.78, 5) is 4.02. The minimum atomic E-state index is -0.650. The number of pyridine rings is 1. The van der Waals surface area contributed by atoms with Crippen molar-refractivity contribution in [1.29, 1.82) is 0 Å². The molecule has 1 aromatic heterocycles. The van der Waals surface area contributed by atoms with E-state index in [4.69, 9.17) is 4.74 Å². The van der Waals surface area contributed by atoms with E-state index < -0.39 is 6.10 Å². The largest absolute Gasteiger partial charge is 0.497 e. The molecule has 2 atom stereocenters. The minimum absolute atomic E-state index is 0.0779. The summed E-state index contributed by atoms with van der Waals surface area (Å²) in [6.45, 7) is 2.28. The molecule has 112 valence electrons. The second-order valence-corrected chi connectivity index (χ2v) is 4.82. The van der Waals surface area contributed by atoms with Gasteiger partial charge in [-0.2, -0.15) is 0 Å². The first-order chi connectivity index (χ1) is 10.1. The lowest BCUT2D eigenvalue weighted by atomic mass is 10.1. The van der Waals surface area contributed by atoms with Crippen LogP contribution in [0.5, 0.6) is 5.75 Å². The van der Waals surface area contributed by atoms with Crippen LogP contribution in [0.25, 0.3) is 0 Å². The highest BCUT2D eigenvalue weighted by atomic mass is 19.1. The van der Waals surface area contributed by atoms with E-state index in [1.54, 1.807) is 19.2 Å². The molecule has 0 aliphatic rings. The predicted molar refractivity (Wildman–Crippen MR) is 78.6 cm³/mol. The number of benzene rings is 1. The zero-order valence-electron chi connectivity index (χ0n) is 12.1. The van der Waals surface area contributed by atoms with Gasteiger partial charge in [0.1, 0.15) is 11.6 Å². The SMILES string of the molecule is COc1cccc(C(O)CNC(C)c2ccc(F)cn2)c1. The highest BCUT2D eigenvalue weighted by Gasteiger charge is 2.12. The van der Waals surface area contributed by atoms with Crippen molar-refractivity contribution in [2.75, 3.05) is 13.7 Å². The quantitative estimate of drug-likeness (QED) is 0.858. The molecule has 2 unspecified atom stereocenters. The average Bonchev–Trinajstić information content (AvgIpc) is 2.53. The Morgan fingerprint density at radius 1 is 1.33 bits per heavy atom. The van der Waals surface area contributed by atoms with Crippen molar-refractivity contribution in [1.82, 2.24) is 10.3 Å². The maximum atomic E-state index is 12.8. The number of methoxy groups -OCH3 is 1. The highest BCUT2D eigenvalue weighted by Crippen LogP contribution is 2.19. The van der Waals surface area contributed by atoms with E-state index in [1.807, 2.05) is 25.1 Å². The first-order valence-electron chi connectivity index (χ1n) is 6.77. The number of ether oxygens (including phenoxy) is 1. The third-order valence-corrected chi connectivity index (χ3v) is 3.29. The van der Waals surface area contributed by atoms with Gasteiger partial charge in [-0.25, -0.2) is 4.39 Å². The third kappa shape index (κ3) is 4.24. The summed E-state index contributed by atoms with van der Waals surface area (Å²) in [7, 11) is 1.59. The first-order valence-corrected chi connectivity index (χ1v) is 6.77. The number of hydrogen-bond donors (Lipinski definition) is 2. The van der Waals surface area contributed by atoms with Gasteiger partial charge < -0.3 is 15.2 Å². The van der Waals surface area contributed by atoms with Gasteiger partial charge in [-0.3, -0.25) is 4.98 Å². The Balaban J connectivity index is 1.93. The molecule has 0 radical (unpaired) electrons. The van der Waals surface area contributed by atoms with Crippen LogP contribution in [0.1, 0.15) is 30.3 Å². The maximum Gasteiger partial charge on any atom is 0.141 e. The summed E-state index contributed by atoms with van der Waals surface area (Å²) in [5.74, 6) is 0.349. The molecule has 5 heteroatoms. The fourth-order valence-corrected chi connectivity index (χ4v) is 2.00. The van der Waals surface area contributed by atoms with Gasteiger partial charge in [0.2, 0.25) is 0 Å². The minimum Gasteiger partial charge on any atom is -0.497 e. The van der Waals surface area contributed by atoms with Crippen LogP contribution in [0.15, 0.2) is 42.6 Å². The number of aliphatic hydroxyl groups excluding tert-OH is 1. The van der Waals surface area contributed by atoms with Crippen LogP contribution in [0.3, 0.4) is 0 Å². The second kappa shape index (κ2) is 7.15. The zero-order chi connectivity index (χ0) is 15.2. The molecule has 2 aromatic rings. The van der Waals surface area contributed by atoms with Crippen molar-refractivity contribution in [2.24, 2.45) is 0 Å². The predicted octanol–water partition coefficient (Wildman–Crippen LogP) is 2.61. The molecule has 0 fully saturated rings. The average molecular weight is 290 g/mol. The molecule has 0 spiro atoms. The van der Waals surface area contributed by atoms with Crippen molar-refractivity contribution in [3.63, 3.8) is 0 Å². The van der Waals surface area contributed by atoms with Crippen LogP contribution in [-0.4, -0.2) is 23.7 Å². The first kappa shape index (κ1) is 15.4. The van der Waals surface area contributed by atoms with E-state index in [9.17, 15) is 9.50 Å². The molecule has 2 rings (SSSR count). The number of nitrogens with zero attached hydrogens (tertiary/aromatic N) is 1. The normalized spacial score (nSPS) is 13.7. The maximum absolute atomic E-state index is 12.8. The van der Waals surface area contributed by atoms with Crippen LogP contribution in [0.2, 0.25) is 0 Å². The highest BCUT2D eigenvalue weighted by molar-refractivity contribution is 5.30. The lowest BCUT2D eigenvalue weighted by molar-refractivity contribution is 0.170. The fraction of sp³-hybridized carbons (Fsp3) is 0.312. The van der Waals surface area contributed by atoms with Gasteiger partial charge in [0.25, 0.3) is 0 Å². The van der Waals surface area contributed by atoms with Gasteiger partial charge in [0, 0.05) is 12.6 Å². The van der Waals surface area contributed by atoms with Crippen molar-refractivity contribution in [2.45, 2.75) is 19.1 Å². The van der Waals surface area contributed by atoms with E-state index in [1.165, 1.54) is 12.3 Å². The van der Waals surface area contributed by atoms with Gasteiger partial charge in [-0.05, 0) is 36.8 Å². The van der Waals surface area contributed by atoms with E-state index >= 15 is 0 Å². The van der Waals surface area contributed by atoms with Gasteiger partial charge in [-0.1, -0.05) is 12.1 Å². The Morgan fingerprint density at radius 3 is 2.81 bits per heavy atom. The monoisotopic (exact) mass is 290 g/mol. The molecule has 0 amide bonds. The van der Waals surface area contributed by atoms with E-state index in [-0.39, 0.29) is 11.9 Å². The van der Waals surface area contributed by atoms with Crippen LogP contribution in [0, 0.1) is 5.82 Å². The molecule has 1 heterocycles. The van der Waals surface area contributed by atoms with Crippen LogP contribution in [-0.2, 0) is 0 Å². The number of aliphatic hydroxyl groups is 1. The number of nitrogens with one attached hydrogen (secondary N) is 1. The van der Waals surface area contributed by atoms with E-state index in [0.29, 0.717) is 12.3 Å². The molecule has 2 N–H and O–H groups in total. The topological polar surface area (TPSA) is 54.4 Å². The van der Waals surface area contributed by atoms with Crippen LogP contribution < -0.4 is 10.1 Å². The lowest BCUT2D eigenvalue weighted by Crippen LogP contribution is -2.25. The Bertz CT molecular complexity index is 575. The van der Waals surface area contributed by atoms with Crippen molar-refractivity contribution in [3.8, 4) is 5.75 Å². The van der Waals surface area contributed by atoms with Crippen molar-refractivity contribution < 1.29 is 14.2 Å². The van der Waals surface area contributed by atoms with E-state index in [2.05, 4.69) is 10.3 Å². The molecule has 21 heavy (non-hydrogen) atoms. The summed E-state index contributed by atoms with van der Waals surface area (Å²) >= 11 is 0. The van der Waals surface area contributed by atoms with Gasteiger partial charge in [0.05, 0.1) is 25.1 Å². The summed E-state index contributed by atoms with van der Waals surface area (Å²) < 4.78 is 18.0. The Morgan fingerprint density at radius 2 is 2.14 bits per heavy atom. The van der Waals surface area contributed by atoms with Crippen LogP contribution >= 0.6 is 0 Å². The van der Waals surface area contributed by atoms with Crippen molar-refractivity contribution >= 4 is 0 Å². The van der Waals surface area contributed by atoms with Crippen molar-refractivity contribution in [3.05, 3.63) is 59.7 Å². The smallest absolute Gasteiger partial charge is 0.141 e. The number of hydrogen-bond acceptors (Lipinski definition) is 4. The Kier molecular flexibility index (Phi) is 5.25. The lowest BCUT2D eigenvalue weighted by Gasteiger charge is -2.17. The molecule has 4 nitrogen and oxygen atoms in total. The summed E-state index contributed by atoms with van der Waals surface area (Å²) in [5.41, 5.74) is 1.51. The Hall–Kier alpha value is -1.98. The number of halogens is 1. The van der Waals surface area contributed by atoms with Crippen LogP contribution in [0.4, 0.5) is 4.39 Å². The van der Waals surface area contributed by atoms with E-state index in [0.717, 1.165) is 11.3 Å². The molecule has 0 saturated heterocycles. The molecule has 0 bridgehead atoms. The molecule has 0 aliphatic heterocycles. The standard InChI is InChI=1S/C16H19FN2O2/c1-11(15-7-6-13(17)9-19-15)18-10-16(20)12-4-3-5-14(8-12)21-2/h3-9,11,16,18,20H,10H2,1-2H3. The molecule has 1 aromatic carbocycles. The van der Waals surface area contributed by atoms with Gasteiger partial charge >= 0.3 is 0 Å². The fourth-order valence-electron chi connectivity index (χ4n) is 2.00. The second-order valence-electron chi connectivity index (χ2n) is 4.82. The Labute approximate surface area is 123 Å². The molecule has 0 saturated carbocycles. The molecule has 0 aliphatic carbocycles.